The molecule has 0 aliphatic heterocycles. The Morgan fingerprint density at radius 3 is 2.36 bits per heavy atom. The van der Waals surface area contributed by atoms with Gasteiger partial charge in [0.25, 0.3) is 0 Å². The number of para-hydroxylation sites is 2. The lowest BCUT2D eigenvalue weighted by Crippen LogP contribution is -1.94. The molecule has 44 heavy (non-hydrogen) atoms. The molecule has 10 aromatic rings. The fourth-order valence-electron chi connectivity index (χ4n) is 7.00. The van der Waals surface area contributed by atoms with Gasteiger partial charge in [-0.2, -0.15) is 0 Å². The van der Waals surface area contributed by atoms with Crippen LogP contribution in [0.4, 0.5) is 0 Å². The molecule has 0 radical (unpaired) electrons. The van der Waals surface area contributed by atoms with Gasteiger partial charge < -0.3 is 0 Å². The van der Waals surface area contributed by atoms with Gasteiger partial charge in [-0.15, -0.1) is 11.3 Å². The maximum absolute atomic E-state index is 5.17. The molecule has 0 spiro atoms. The fourth-order valence-corrected chi connectivity index (χ4v) is 8.24. The number of nitrogens with zero attached hydrogens (tertiary/aromatic N) is 3. The Bertz CT molecular complexity index is 2790. The zero-order valence-electron chi connectivity index (χ0n) is 23.5. The standard InChI is InChI=1S/C40H23N3S/c1-4-16-36-30(11-1)32-13-6-12-28(39(32)44-36)27-9-5-8-25(22-27)26-18-19-29-31-20-17-24-10-7-21-41-38(24)37(31)40-42-33-14-2-3-15-34(33)43(40)35(29)23-26/h1-23H. The Hall–Kier alpha value is -5.58. The molecule has 4 heterocycles. The molecule has 0 atom stereocenters. The highest BCUT2D eigenvalue weighted by atomic mass is 32.1. The second-order valence-electron chi connectivity index (χ2n) is 11.4. The third-order valence-electron chi connectivity index (χ3n) is 9.00. The van der Waals surface area contributed by atoms with Crippen molar-refractivity contribution >= 4 is 80.8 Å². The first-order valence-electron chi connectivity index (χ1n) is 14.8. The van der Waals surface area contributed by atoms with Crippen LogP contribution in [0.3, 0.4) is 0 Å². The summed E-state index contributed by atoms with van der Waals surface area (Å²) in [4.78, 5) is 9.99. The second-order valence-corrected chi connectivity index (χ2v) is 12.5. The van der Waals surface area contributed by atoms with Gasteiger partial charge in [-0.1, -0.05) is 97.1 Å². The molecule has 0 amide bonds. The Morgan fingerprint density at radius 1 is 0.545 bits per heavy atom. The lowest BCUT2D eigenvalue weighted by molar-refractivity contribution is 1.31. The number of hydrogen-bond acceptors (Lipinski definition) is 3. The largest absolute Gasteiger partial charge is 0.292 e. The smallest absolute Gasteiger partial charge is 0.148 e. The van der Waals surface area contributed by atoms with Crippen LogP contribution in [-0.4, -0.2) is 14.4 Å². The van der Waals surface area contributed by atoms with Gasteiger partial charge in [-0.25, -0.2) is 4.98 Å². The summed E-state index contributed by atoms with van der Waals surface area (Å²) >= 11 is 1.88. The highest BCUT2D eigenvalue weighted by molar-refractivity contribution is 7.26. The van der Waals surface area contributed by atoms with E-state index in [0.717, 1.165) is 38.5 Å². The summed E-state index contributed by atoms with van der Waals surface area (Å²) in [6, 6.07) is 48.2. The molecular formula is C40H23N3S. The first kappa shape index (κ1) is 23.9. The van der Waals surface area contributed by atoms with Crippen LogP contribution < -0.4 is 0 Å². The first-order chi connectivity index (χ1) is 21.8. The van der Waals surface area contributed by atoms with E-state index in [4.69, 9.17) is 9.97 Å². The minimum atomic E-state index is 0.945. The molecular weight excluding hydrogens is 555 g/mol. The Balaban J connectivity index is 1.24. The maximum Gasteiger partial charge on any atom is 0.148 e. The van der Waals surface area contributed by atoms with Crippen molar-refractivity contribution in [2.75, 3.05) is 0 Å². The van der Waals surface area contributed by atoms with Gasteiger partial charge in [-0.3, -0.25) is 9.38 Å². The molecule has 0 aliphatic carbocycles. The summed E-state index contributed by atoms with van der Waals surface area (Å²) in [5, 5.41) is 7.23. The van der Waals surface area contributed by atoms with E-state index >= 15 is 0 Å². The number of pyridine rings is 2. The van der Waals surface area contributed by atoms with Crippen LogP contribution in [0.5, 0.6) is 0 Å². The number of aromatic nitrogens is 3. The lowest BCUT2D eigenvalue weighted by Gasteiger charge is -2.13. The number of imidazole rings is 1. The molecule has 3 nitrogen and oxygen atoms in total. The topological polar surface area (TPSA) is 30.2 Å². The summed E-state index contributed by atoms with van der Waals surface area (Å²) in [7, 11) is 0. The molecule has 0 unspecified atom stereocenters. The summed E-state index contributed by atoms with van der Waals surface area (Å²) in [6.07, 6.45) is 1.88. The fraction of sp³-hybridized carbons (Fsp3) is 0. The van der Waals surface area contributed by atoms with E-state index in [1.807, 2.05) is 23.6 Å². The Morgan fingerprint density at radius 2 is 1.36 bits per heavy atom. The molecule has 6 aromatic carbocycles. The van der Waals surface area contributed by atoms with Crippen LogP contribution in [0.1, 0.15) is 0 Å². The van der Waals surface area contributed by atoms with Crippen molar-refractivity contribution in [1.82, 2.24) is 14.4 Å². The van der Waals surface area contributed by atoms with E-state index < -0.39 is 0 Å². The van der Waals surface area contributed by atoms with E-state index in [1.54, 1.807) is 0 Å². The van der Waals surface area contributed by atoms with Gasteiger partial charge in [-0.05, 0) is 64.0 Å². The van der Waals surface area contributed by atoms with E-state index in [0.29, 0.717) is 0 Å². The highest BCUT2D eigenvalue weighted by Gasteiger charge is 2.17. The van der Waals surface area contributed by atoms with Gasteiger partial charge in [0.05, 0.1) is 27.5 Å². The predicted octanol–water partition coefficient (Wildman–Crippen LogP) is 11.0. The van der Waals surface area contributed by atoms with Gasteiger partial charge in [0.1, 0.15) is 5.65 Å². The van der Waals surface area contributed by atoms with Gasteiger partial charge >= 0.3 is 0 Å². The van der Waals surface area contributed by atoms with Crippen molar-refractivity contribution in [2.24, 2.45) is 0 Å². The lowest BCUT2D eigenvalue weighted by atomic mass is 9.96. The monoisotopic (exact) mass is 577 g/mol. The maximum atomic E-state index is 5.17. The normalized spacial score (nSPS) is 12.1. The average molecular weight is 578 g/mol. The molecule has 4 aromatic heterocycles. The summed E-state index contributed by atoms with van der Waals surface area (Å²) in [5.74, 6) is 0. The summed E-state index contributed by atoms with van der Waals surface area (Å²) < 4.78 is 4.99. The van der Waals surface area contributed by atoms with Crippen LogP contribution in [0.2, 0.25) is 0 Å². The van der Waals surface area contributed by atoms with Crippen LogP contribution in [0, 0.1) is 0 Å². The molecule has 0 bridgehead atoms. The minimum absolute atomic E-state index is 0.945. The molecule has 10 rings (SSSR count). The van der Waals surface area contributed by atoms with E-state index in [9.17, 15) is 0 Å². The molecule has 204 valence electrons. The van der Waals surface area contributed by atoms with Crippen LogP contribution in [0.25, 0.3) is 91.7 Å². The summed E-state index contributed by atoms with van der Waals surface area (Å²) in [6.45, 7) is 0. The third kappa shape index (κ3) is 3.31. The third-order valence-corrected chi connectivity index (χ3v) is 10.2. The van der Waals surface area contributed by atoms with E-state index in [2.05, 4.69) is 132 Å². The van der Waals surface area contributed by atoms with E-state index in [-0.39, 0.29) is 0 Å². The zero-order valence-corrected chi connectivity index (χ0v) is 24.3. The van der Waals surface area contributed by atoms with Gasteiger partial charge in [0, 0.05) is 37.1 Å². The SMILES string of the molecule is c1cc(-c2ccc3c4ccc5cccnc5c4c4nc5ccccc5n4c3c2)cc(-c2cccc3c2sc2ccccc23)c1. The van der Waals surface area contributed by atoms with Crippen LogP contribution in [-0.2, 0) is 0 Å². The number of benzene rings is 6. The van der Waals surface area contributed by atoms with Crippen molar-refractivity contribution < 1.29 is 0 Å². The Kier molecular flexibility index (Phi) is 4.87. The molecule has 0 aliphatic rings. The molecule has 0 saturated carbocycles. The van der Waals surface area contributed by atoms with Gasteiger partial charge in [0.15, 0.2) is 0 Å². The zero-order chi connectivity index (χ0) is 28.8. The highest BCUT2D eigenvalue weighted by Crippen LogP contribution is 2.41. The van der Waals surface area contributed by atoms with Crippen molar-refractivity contribution in [1.29, 1.82) is 0 Å². The van der Waals surface area contributed by atoms with Crippen molar-refractivity contribution in [2.45, 2.75) is 0 Å². The number of rotatable bonds is 2. The van der Waals surface area contributed by atoms with Gasteiger partial charge in [0.2, 0.25) is 0 Å². The number of fused-ring (bicyclic) bond motifs is 13. The minimum Gasteiger partial charge on any atom is -0.292 e. The summed E-state index contributed by atoms with van der Waals surface area (Å²) in [5.41, 5.74) is 10.0. The van der Waals surface area contributed by atoms with Crippen molar-refractivity contribution in [3.63, 3.8) is 0 Å². The molecule has 0 saturated heterocycles. The Labute approximate surface area is 256 Å². The van der Waals surface area contributed by atoms with Crippen LogP contribution >= 0.6 is 11.3 Å². The van der Waals surface area contributed by atoms with E-state index in [1.165, 1.54) is 53.2 Å². The van der Waals surface area contributed by atoms with Crippen LogP contribution in [0.15, 0.2) is 140 Å². The quantitative estimate of drug-likeness (QED) is 0.191. The predicted molar refractivity (Wildman–Crippen MR) is 187 cm³/mol. The average Bonchev–Trinajstić information content (AvgIpc) is 3.67. The first-order valence-corrected chi connectivity index (χ1v) is 15.6. The molecule has 0 fully saturated rings. The second kappa shape index (κ2) is 8.96. The van der Waals surface area contributed by atoms with Crippen molar-refractivity contribution in [3.05, 3.63) is 140 Å². The van der Waals surface area contributed by atoms with Crippen molar-refractivity contribution in [3.8, 4) is 22.3 Å². The number of thiophene rings is 1. The number of hydrogen-bond donors (Lipinski definition) is 0. The molecule has 4 heteroatoms. The molecule has 0 N–H and O–H groups in total.